The molecule has 2 aliphatic rings. The first-order valence-corrected chi connectivity index (χ1v) is 11.9. The summed E-state index contributed by atoms with van der Waals surface area (Å²) in [5.41, 5.74) is 1.69. The lowest BCUT2D eigenvalue weighted by molar-refractivity contribution is -0.153. The zero-order valence-electron chi connectivity index (χ0n) is 21.0. The number of esters is 1. The molecule has 0 bridgehead atoms. The van der Waals surface area contributed by atoms with Crippen molar-refractivity contribution in [1.29, 1.82) is 0 Å². The van der Waals surface area contributed by atoms with Crippen LogP contribution >= 0.6 is 0 Å². The molecule has 2 heterocycles. The average molecular weight is 497 g/mol. The predicted molar refractivity (Wildman–Crippen MR) is 135 cm³/mol. The van der Waals surface area contributed by atoms with Gasteiger partial charge in [-0.3, -0.25) is 14.9 Å². The summed E-state index contributed by atoms with van der Waals surface area (Å²) < 4.78 is 21.8. The molecule has 4 rings (SSSR count). The molecule has 0 saturated carbocycles. The number of amides is 1. The first-order chi connectivity index (χ1) is 17.5. The van der Waals surface area contributed by atoms with Crippen LogP contribution in [0.2, 0.25) is 0 Å². The van der Waals surface area contributed by atoms with Crippen LogP contribution in [0.5, 0.6) is 17.2 Å². The Kier molecular flexibility index (Phi) is 7.82. The van der Waals surface area contributed by atoms with E-state index in [0.29, 0.717) is 41.9 Å². The number of hydrogen-bond acceptors (Lipinski definition) is 9. The lowest BCUT2D eigenvalue weighted by atomic mass is 9.90. The first kappa shape index (κ1) is 25.2. The van der Waals surface area contributed by atoms with Gasteiger partial charge in [-0.05, 0) is 31.2 Å². The third-order valence-corrected chi connectivity index (χ3v) is 6.39. The van der Waals surface area contributed by atoms with Gasteiger partial charge in [0.15, 0.2) is 17.4 Å². The molecule has 0 aliphatic carbocycles. The van der Waals surface area contributed by atoms with Crippen molar-refractivity contribution in [2.24, 2.45) is 10.9 Å². The van der Waals surface area contributed by atoms with E-state index in [1.807, 2.05) is 23.1 Å². The Balaban J connectivity index is 1.68. The minimum absolute atomic E-state index is 0.149. The van der Waals surface area contributed by atoms with Crippen molar-refractivity contribution in [2.45, 2.75) is 13.0 Å². The number of carbonyl (C=O) groups is 2. The van der Waals surface area contributed by atoms with Crippen LogP contribution in [-0.2, 0) is 14.3 Å². The maximum Gasteiger partial charge on any atom is 0.321 e. The van der Waals surface area contributed by atoms with Crippen LogP contribution in [0.15, 0.2) is 47.5 Å². The maximum absolute atomic E-state index is 13.3. The number of para-hydroxylation sites is 1. The van der Waals surface area contributed by atoms with Crippen LogP contribution in [0.3, 0.4) is 0 Å². The summed E-state index contributed by atoms with van der Waals surface area (Å²) in [5.74, 6) is -0.685. The van der Waals surface area contributed by atoms with E-state index in [0.717, 1.165) is 18.8 Å². The Bertz CT molecular complexity index is 1110. The van der Waals surface area contributed by atoms with Crippen LogP contribution < -0.4 is 24.4 Å². The van der Waals surface area contributed by atoms with Crippen molar-refractivity contribution in [1.82, 2.24) is 10.2 Å². The SMILES string of the molecule is CCOC(=O)[C@H]1C(=O)NC(N2CCN(c3ccccc3)CC2)=N[C@H]1c1ccc(OC)c(OC)c1OC. The summed E-state index contributed by atoms with van der Waals surface area (Å²) in [6.07, 6.45) is 0. The normalized spacial score (nSPS) is 19.8. The molecule has 0 radical (unpaired) electrons. The summed E-state index contributed by atoms with van der Waals surface area (Å²) >= 11 is 0. The largest absolute Gasteiger partial charge is 0.493 e. The second kappa shape index (κ2) is 11.2. The lowest BCUT2D eigenvalue weighted by Crippen LogP contribution is -2.57. The molecule has 2 atom stereocenters. The van der Waals surface area contributed by atoms with Gasteiger partial charge < -0.3 is 28.7 Å². The standard InChI is InChI=1S/C26H32N4O6/c1-5-36-25(32)20-21(18-11-12-19(33-2)23(35-4)22(18)34-3)27-26(28-24(20)31)30-15-13-29(14-16-30)17-9-7-6-8-10-17/h6-12,20-21H,5,13-16H2,1-4H3,(H,27,28,31)/t20-,21+/m1/s1. The number of hydrogen-bond donors (Lipinski definition) is 1. The quantitative estimate of drug-likeness (QED) is 0.460. The van der Waals surface area contributed by atoms with Gasteiger partial charge in [-0.1, -0.05) is 18.2 Å². The fourth-order valence-corrected chi connectivity index (χ4v) is 4.62. The van der Waals surface area contributed by atoms with Crippen LogP contribution in [0, 0.1) is 5.92 Å². The maximum atomic E-state index is 13.3. The molecular weight excluding hydrogens is 464 g/mol. The number of guanidine groups is 1. The second-order valence-corrected chi connectivity index (χ2v) is 8.35. The van der Waals surface area contributed by atoms with E-state index in [9.17, 15) is 9.59 Å². The molecule has 1 amide bonds. The van der Waals surface area contributed by atoms with Gasteiger partial charge >= 0.3 is 5.97 Å². The number of nitrogens with one attached hydrogen (secondary N) is 1. The summed E-state index contributed by atoms with van der Waals surface area (Å²) in [5, 5.41) is 2.84. The number of carbonyl (C=O) groups excluding carboxylic acids is 2. The van der Waals surface area contributed by atoms with Gasteiger partial charge in [0.05, 0.1) is 27.9 Å². The van der Waals surface area contributed by atoms with Gasteiger partial charge in [-0.25, -0.2) is 4.99 Å². The van der Waals surface area contributed by atoms with E-state index < -0.39 is 23.8 Å². The molecule has 1 fully saturated rings. The monoisotopic (exact) mass is 496 g/mol. The van der Waals surface area contributed by atoms with Gasteiger partial charge in [-0.2, -0.15) is 0 Å². The van der Waals surface area contributed by atoms with Crippen molar-refractivity contribution in [3.63, 3.8) is 0 Å². The van der Waals surface area contributed by atoms with Gasteiger partial charge in [0.25, 0.3) is 0 Å². The number of aliphatic imine (C=N–C) groups is 1. The molecule has 192 valence electrons. The van der Waals surface area contributed by atoms with Crippen molar-refractivity contribution in [3.05, 3.63) is 48.0 Å². The Morgan fingerprint density at radius 3 is 2.22 bits per heavy atom. The number of methoxy groups -OCH3 is 3. The van der Waals surface area contributed by atoms with E-state index in [1.54, 1.807) is 19.1 Å². The zero-order chi connectivity index (χ0) is 25.7. The van der Waals surface area contributed by atoms with Gasteiger partial charge in [0.1, 0.15) is 6.04 Å². The summed E-state index contributed by atoms with van der Waals surface area (Å²) in [4.78, 5) is 35.3. The van der Waals surface area contributed by atoms with Gasteiger partial charge in [-0.15, -0.1) is 0 Å². The van der Waals surface area contributed by atoms with Crippen molar-refractivity contribution in [3.8, 4) is 17.2 Å². The van der Waals surface area contributed by atoms with Crippen molar-refractivity contribution >= 4 is 23.5 Å². The molecule has 10 heteroatoms. The highest BCUT2D eigenvalue weighted by Crippen LogP contribution is 2.45. The molecule has 2 aromatic rings. The molecule has 0 unspecified atom stereocenters. The highest BCUT2D eigenvalue weighted by atomic mass is 16.5. The minimum Gasteiger partial charge on any atom is -0.493 e. The van der Waals surface area contributed by atoms with Gasteiger partial charge in [0, 0.05) is 37.4 Å². The topological polar surface area (TPSA) is 102 Å². The third kappa shape index (κ3) is 4.89. The number of ether oxygens (including phenoxy) is 4. The minimum atomic E-state index is -1.17. The molecule has 1 N–H and O–H groups in total. The smallest absolute Gasteiger partial charge is 0.321 e. The summed E-state index contributed by atoms with van der Waals surface area (Å²) in [6.45, 7) is 4.71. The second-order valence-electron chi connectivity index (χ2n) is 8.35. The van der Waals surface area contributed by atoms with Crippen molar-refractivity contribution in [2.75, 3.05) is 59.0 Å². The zero-order valence-corrected chi connectivity index (χ0v) is 21.0. The number of piperazine rings is 1. The Labute approximate surface area is 210 Å². The fraction of sp³-hybridized carbons (Fsp3) is 0.423. The third-order valence-electron chi connectivity index (χ3n) is 6.39. The molecule has 2 aliphatic heterocycles. The summed E-state index contributed by atoms with van der Waals surface area (Å²) in [6, 6.07) is 12.8. The Hall–Kier alpha value is -3.95. The van der Waals surface area contributed by atoms with E-state index in [2.05, 4.69) is 22.3 Å². The molecule has 0 aromatic heterocycles. The van der Waals surface area contributed by atoms with E-state index in [1.165, 1.54) is 21.3 Å². The molecular formula is C26H32N4O6. The number of nitrogens with zero attached hydrogens (tertiary/aromatic N) is 3. The fourth-order valence-electron chi connectivity index (χ4n) is 4.62. The van der Waals surface area contributed by atoms with Gasteiger partial charge in [0.2, 0.25) is 17.6 Å². The highest BCUT2D eigenvalue weighted by Gasteiger charge is 2.44. The van der Waals surface area contributed by atoms with Crippen LogP contribution in [0.4, 0.5) is 5.69 Å². The van der Waals surface area contributed by atoms with E-state index in [-0.39, 0.29) is 6.61 Å². The Morgan fingerprint density at radius 1 is 0.944 bits per heavy atom. The molecule has 1 saturated heterocycles. The predicted octanol–water partition coefficient (Wildman–Crippen LogP) is 2.24. The van der Waals surface area contributed by atoms with Crippen molar-refractivity contribution < 1.29 is 28.5 Å². The summed E-state index contributed by atoms with van der Waals surface area (Å²) in [7, 11) is 4.52. The average Bonchev–Trinajstić information content (AvgIpc) is 2.92. The lowest BCUT2D eigenvalue weighted by Gasteiger charge is -2.39. The van der Waals surface area contributed by atoms with Crippen LogP contribution in [-0.4, -0.2) is 76.9 Å². The molecule has 10 nitrogen and oxygen atoms in total. The molecule has 2 aromatic carbocycles. The van der Waals surface area contributed by atoms with Crippen LogP contribution in [0.1, 0.15) is 18.5 Å². The number of anilines is 1. The van der Waals surface area contributed by atoms with E-state index in [4.69, 9.17) is 23.9 Å². The number of rotatable bonds is 7. The van der Waals surface area contributed by atoms with Crippen LogP contribution in [0.25, 0.3) is 0 Å². The number of benzene rings is 2. The van der Waals surface area contributed by atoms with E-state index >= 15 is 0 Å². The molecule has 36 heavy (non-hydrogen) atoms. The first-order valence-electron chi connectivity index (χ1n) is 11.9. The molecule has 0 spiro atoms. The Morgan fingerprint density at radius 2 is 1.61 bits per heavy atom. The highest BCUT2D eigenvalue weighted by molar-refractivity contribution is 6.08.